The molecule has 3 atom stereocenters. The van der Waals surface area contributed by atoms with Crippen LogP contribution in [-0.4, -0.2) is 61.0 Å². The first-order valence-electron chi connectivity index (χ1n) is 11.3. The van der Waals surface area contributed by atoms with E-state index < -0.39 is 0 Å². The lowest BCUT2D eigenvalue weighted by molar-refractivity contribution is -0.0265. The Bertz CT molecular complexity index is 829. The second kappa shape index (κ2) is 11.3. The van der Waals surface area contributed by atoms with Crippen molar-refractivity contribution in [1.29, 1.82) is 0 Å². The van der Waals surface area contributed by atoms with Crippen molar-refractivity contribution in [2.75, 3.05) is 40.3 Å². The Morgan fingerprint density at radius 1 is 1.29 bits per heavy atom. The lowest BCUT2D eigenvalue weighted by atomic mass is 9.89. The monoisotopic (exact) mass is 426 g/mol. The molecule has 1 aromatic heterocycles. The van der Waals surface area contributed by atoms with Crippen molar-refractivity contribution < 1.29 is 4.74 Å². The van der Waals surface area contributed by atoms with E-state index in [9.17, 15) is 0 Å². The summed E-state index contributed by atoms with van der Waals surface area (Å²) >= 11 is 0. The first-order valence-corrected chi connectivity index (χ1v) is 11.3. The molecule has 0 radical (unpaired) electrons. The zero-order valence-corrected chi connectivity index (χ0v) is 19.6. The van der Waals surface area contributed by atoms with Gasteiger partial charge in [0.25, 0.3) is 0 Å². The van der Waals surface area contributed by atoms with Crippen LogP contribution in [0.15, 0.2) is 41.7 Å². The molecule has 1 saturated heterocycles. The zero-order valence-electron chi connectivity index (χ0n) is 19.6. The summed E-state index contributed by atoms with van der Waals surface area (Å²) in [4.78, 5) is 7.08. The molecule has 2 N–H and O–H groups in total. The van der Waals surface area contributed by atoms with E-state index in [0.29, 0.717) is 12.5 Å². The fourth-order valence-electron chi connectivity index (χ4n) is 4.10. The average Bonchev–Trinajstić information content (AvgIpc) is 3.18. The number of rotatable bonds is 8. The molecule has 3 unspecified atom stereocenters. The van der Waals surface area contributed by atoms with E-state index >= 15 is 0 Å². The van der Waals surface area contributed by atoms with Gasteiger partial charge in [0, 0.05) is 44.4 Å². The maximum Gasteiger partial charge on any atom is 0.191 e. The molecule has 170 valence electrons. The Morgan fingerprint density at radius 2 is 2.06 bits per heavy atom. The smallest absolute Gasteiger partial charge is 0.191 e. The van der Waals surface area contributed by atoms with E-state index in [2.05, 4.69) is 79.0 Å². The van der Waals surface area contributed by atoms with Crippen LogP contribution >= 0.6 is 0 Å². The second-order valence-electron chi connectivity index (χ2n) is 8.63. The zero-order chi connectivity index (χ0) is 22.2. The molecular formula is C24H38N6O. The number of likely N-dealkylation sites (N-methyl/N-ethyl adjacent to an activating group) is 1. The van der Waals surface area contributed by atoms with Crippen molar-refractivity contribution in [3.05, 3.63) is 53.3 Å². The maximum absolute atomic E-state index is 6.18. The number of aliphatic imine (C=N–C) groups is 1. The van der Waals surface area contributed by atoms with E-state index in [1.807, 2.05) is 17.9 Å². The summed E-state index contributed by atoms with van der Waals surface area (Å²) in [5.74, 6) is 1.27. The van der Waals surface area contributed by atoms with Crippen LogP contribution in [0.3, 0.4) is 0 Å². The molecule has 1 aliphatic heterocycles. The Kier molecular flexibility index (Phi) is 8.49. The van der Waals surface area contributed by atoms with Crippen LogP contribution in [0.2, 0.25) is 0 Å². The molecule has 0 spiro atoms. The van der Waals surface area contributed by atoms with Crippen molar-refractivity contribution in [2.24, 2.45) is 18.0 Å². The fourth-order valence-corrected chi connectivity index (χ4v) is 4.10. The molecule has 31 heavy (non-hydrogen) atoms. The number of ether oxygens (including phenoxy) is 1. The largest absolute Gasteiger partial charge is 0.373 e. The summed E-state index contributed by atoms with van der Waals surface area (Å²) < 4.78 is 8.02. The van der Waals surface area contributed by atoms with Crippen molar-refractivity contribution in [3.8, 4) is 0 Å². The van der Waals surface area contributed by atoms with E-state index in [4.69, 9.17) is 9.73 Å². The number of guanidine groups is 1. The van der Waals surface area contributed by atoms with Crippen LogP contribution in [0.25, 0.3) is 0 Å². The van der Waals surface area contributed by atoms with Gasteiger partial charge in [0.15, 0.2) is 5.96 Å². The van der Waals surface area contributed by atoms with Crippen LogP contribution in [-0.2, 0) is 11.8 Å². The van der Waals surface area contributed by atoms with Gasteiger partial charge < -0.3 is 20.3 Å². The summed E-state index contributed by atoms with van der Waals surface area (Å²) in [5, 5.41) is 11.3. The number of nitrogens with one attached hydrogen (secondary N) is 2. The van der Waals surface area contributed by atoms with Gasteiger partial charge in [-0.25, -0.2) is 0 Å². The van der Waals surface area contributed by atoms with Gasteiger partial charge in [0.05, 0.1) is 24.9 Å². The summed E-state index contributed by atoms with van der Waals surface area (Å²) in [6.45, 7) is 7.38. The topological polar surface area (TPSA) is 66.7 Å². The van der Waals surface area contributed by atoms with Crippen molar-refractivity contribution in [1.82, 2.24) is 25.3 Å². The van der Waals surface area contributed by atoms with Gasteiger partial charge in [-0.05, 0) is 46.3 Å². The highest BCUT2D eigenvalue weighted by molar-refractivity contribution is 5.79. The van der Waals surface area contributed by atoms with Gasteiger partial charge in [0.1, 0.15) is 0 Å². The van der Waals surface area contributed by atoms with Gasteiger partial charge in [-0.2, -0.15) is 5.10 Å². The quantitative estimate of drug-likeness (QED) is 0.502. The summed E-state index contributed by atoms with van der Waals surface area (Å²) in [7, 11) is 6.11. The molecule has 0 amide bonds. The molecule has 2 aromatic rings. The van der Waals surface area contributed by atoms with E-state index in [0.717, 1.165) is 38.5 Å². The van der Waals surface area contributed by atoms with Crippen molar-refractivity contribution in [2.45, 2.75) is 38.8 Å². The van der Waals surface area contributed by atoms with E-state index in [-0.39, 0.29) is 12.1 Å². The average molecular weight is 427 g/mol. The van der Waals surface area contributed by atoms with Crippen molar-refractivity contribution in [3.63, 3.8) is 0 Å². The number of hydrogen-bond acceptors (Lipinski definition) is 4. The molecule has 1 aliphatic rings. The highest BCUT2D eigenvalue weighted by Crippen LogP contribution is 2.33. The third-order valence-electron chi connectivity index (χ3n) is 5.88. The minimum absolute atomic E-state index is 0.134. The Labute approximate surface area is 186 Å². The Balaban J connectivity index is 1.66. The lowest BCUT2D eigenvalue weighted by Gasteiger charge is -2.32. The molecule has 1 fully saturated rings. The summed E-state index contributed by atoms with van der Waals surface area (Å²) in [6.07, 6.45) is 6.38. The molecule has 3 rings (SSSR count). The van der Waals surface area contributed by atoms with Gasteiger partial charge in [0.2, 0.25) is 0 Å². The normalized spacial score (nSPS) is 20.6. The van der Waals surface area contributed by atoms with E-state index in [1.165, 1.54) is 16.7 Å². The number of aryl methyl sites for hydroxylation is 2. The molecule has 0 saturated carbocycles. The van der Waals surface area contributed by atoms with E-state index in [1.54, 1.807) is 0 Å². The molecule has 0 bridgehead atoms. The Hall–Kier alpha value is -2.38. The molecule has 7 nitrogen and oxygen atoms in total. The number of nitrogens with zero attached hydrogens (tertiary/aromatic N) is 4. The SMILES string of the molecule is CCNC(=NCC(c1cnn(C)c1)N(C)C)NCC1CCCOC1c1ccc(C)cc1. The summed E-state index contributed by atoms with van der Waals surface area (Å²) in [6, 6.07) is 8.93. The number of aromatic nitrogens is 2. The van der Waals surface area contributed by atoms with Gasteiger partial charge in [-0.15, -0.1) is 0 Å². The van der Waals surface area contributed by atoms with Crippen LogP contribution in [0.1, 0.15) is 48.6 Å². The third-order valence-corrected chi connectivity index (χ3v) is 5.88. The van der Waals surface area contributed by atoms with Crippen molar-refractivity contribution >= 4 is 5.96 Å². The number of benzene rings is 1. The number of hydrogen-bond donors (Lipinski definition) is 2. The molecular weight excluding hydrogens is 388 g/mol. The van der Waals surface area contributed by atoms with Gasteiger partial charge in [-0.3, -0.25) is 9.67 Å². The maximum atomic E-state index is 6.18. The predicted molar refractivity (Wildman–Crippen MR) is 126 cm³/mol. The van der Waals surface area contributed by atoms with Crippen LogP contribution in [0.4, 0.5) is 0 Å². The predicted octanol–water partition coefficient (Wildman–Crippen LogP) is 3.05. The first kappa shape index (κ1) is 23.3. The lowest BCUT2D eigenvalue weighted by Crippen LogP contribution is -2.42. The Morgan fingerprint density at radius 3 is 2.71 bits per heavy atom. The minimum Gasteiger partial charge on any atom is -0.373 e. The minimum atomic E-state index is 0.134. The highest BCUT2D eigenvalue weighted by Gasteiger charge is 2.27. The second-order valence-corrected chi connectivity index (χ2v) is 8.63. The highest BCUT2D eigenvalue weighted by atomic mass is 16.5. The molecule has 2 heterocycles. The molecule has 0 aliphatic carbocycles. The van der Waals surface area contributed by atoms with Gasteiger partial charge in [-0.1, -0.05) is 29.8 Å². The summed E-state index contributed by atoms with van der Waals surface area (Å²) in [5.41, 5.74) is 3.72. The van der Waals surface area contributed by atoms with Crippen LogP contribution in [0, 0.1) is 12.8 Å². The molecule has 7 heteroatoms. The standard InChI is InChI=1S/C24H38N6O/c1-6-25-24(27-16-22(29(3)4)21-15-28-30(5)17-21)26-14-20-8-7-13-31-23(20)19-11-9-18(2)10-12-19/h9-12,15,17,20,22-23H,6-8,13-14,16H2,1-5H3,(H2,25,26,27). The molecule has 1 aromatic carbocycles. The fraction of sp³-hybridized carbons (Fsp3) is 0.583. The third kappa shape index (κ3) is 6.55. The van der Waals surface area contributed by atoms with Crippen LogP contribution in [0.5, 0.6) is 0 Å². The first-order chi connectivity index (χ1) is 15.0. The van der Waals surface area contributed by atoms with Gasteiger partial charge >= 0.3 is 0 Å². The van der Waals surface area contributed by atoms with Crippen LogP contribution < -0.4 is 10.6 Å².